The monoisotopic (exact) mass is 387 g/mol. The Bertz CT molecular complexity index is 850. The molecule has 0 radical (unpaired) electrons. The predicted octanol–water partition coefficient (Wildman–Crippen LogP) is 3.99. The van der Waals surface area contributed by atoms with Crippen LogP contribution in [-0.4, -0.2) is 24.3 Å². The minimum Gasteiger partial charge on any atom is -0.326 e. The average Bonchev–Trinajstić information content (AvgIpc) is 2.57. The quantitative estimate of drug-likeness (QED) is 0.786. The van der Waals surface area contributed by atoms with Crippen LogP contribution >= 0.6 is 11.6 Å². The van der Waals surface area contributed by atoms with Crippen molar-refractivity contribution >= 4 is 46.4 Å². The smallest absolute Gasteiger partial charge is 0.226 e. The lowest BCUT2D eigenvalue weighted by atomic mass is 10.1. The van der Waals surface area contributed by atoms with Crippen molar-refractivity contribution in [3.8, 4) is 0 Å². The zero-order valence-corrected chi connectivity index (χ0v) is 16.3. The normalized spacial score (nSPS) is 10.2. The summed E-state index contributed by atoms with van der Waals surface area (Å²) in [4.78, 5) is 36.8. The molecule has 0 aliphatic rings. The number of amides is 3. The van der Waals surface area contributed by atoms with E-state index in [1.807, 2.05) is 6.92 Å². The second-order valence-electron chi connectivity index (χ2n) is 6.16. The van der Waals surface area contributed by atoms with E-state index >= 15 is 0 Å². The zero-order chi connectivity index (χ0) is 20.0. The van der Waals surface area contributed by atoms with Crippen molar-refractivity contribution in [3.05, 3.63) is 53.1 Å². The third kappa shape index (κ3) is 6.11. The van der Waals surface area contributed by atoms with Gasteiger partial charge in [0.1, 0.15) is 0 Å². The lowest BCUT2D eigenvalue weighted by molar-refractivity contribution is -0.117. The first kappa shape index (κ1) is 20.5. The van der Waals surface area contributed by atoms with Crippen LogP contribution in [0.15, 0.2) is 42.5 Å². The van der Waals surface area contributed by atoms with Crippen LogP contribution in [0.2, 0.25) is 5.02 Å². The van der Waals surface area contributed by atoms with Gasteiger partial charge in [0.25, 0.3) is 0 Å². The van der Waals surface area contributed by atoms with E-state index < -0.39 is 0 Å². The molecule has 0 aliphatic heterocycles. The molecule has 0 heterocycles. The molecular formula is C20H22ClN3O3. The van der Waals surface area contributed by atoms with Gasteiger partial charge in [0.2, 0.25) is 17.7 Å². The molecule has 0 saturated heterocycles. The number of benzene rings is 2. The van der Waals surface area contributed by atoms with Gasteiger partial charge in [0, 0.05) is 48.9 Å². The maximum Gasteiger partial charge on any atom is 0.226 e. The first-order valence-corrected chi connectivity index (χ1v) is 8.86. The molecule has 27 heavy (non-hydrogen) atoms. The van der Waals surface area contributed by atoms with Crippen molar-refractivity contribution in [3.63, 3.8) is 0 Å². The van der Waals surface area contributed by atoms with Gasteiger partial charge in [-0.15, -0.1) is 0 Å². The molecule has 2 N–H and O–H groups in total. The third-order valence-electron chi connectivity index (χ3n) is 3.88. The zero-order valence-electron chi connectivity index (χ0n) is 15.5. The van der Waals surface area contributed by atoms with Crippen LogP contribution in [0.4, 0.5) is 17.1 Å². The standard InChI is InChI=1S/C20H22ClN3O3/c1-13-12-16(21)4-9-19(13)24(15(3)26)11-10-20(27)23-18-7-5-17(6-8-18)22-14(2)25/h4-9,12H,10-11H2,1-3H3,(H,22,25)(H,23,27). The molecule has 2 aromatic rings. The summed E-state index contributed by atoms with van der Waals surface area (Å²) in [5.41, 5.74) is 2.87. The summed E-state index contributed by atoms with van der Waals surface area (Å²) < 4.78 is 0. The number of hydrogen-bond acceptors (Lipinski definition) is 3. The molecule has 6 nitrogen and oxygen atoms in total. The van der Waals surface area contributed by atoms with Gasteiger partial charge in [0.15, 0.2) is 0 Å². The number of nitrogens with zero attached hydrogens (tertiary/aromatic N) is 1. The van der Waals surface area contributed by atoms with Crippen LogP contribution < -0.4 is 15.5 Å². The largest absolute Gasteiger partial charge is 0.326 e. The summed E-state index contributed by atoms with van der Waals surface area (Å²) in [5.74, 6) is -0.512. The number of nitrogens with one attached hydrogen (secondary N) is 2. The number of carbonyl (C=O) groups excluding carboxylic acids is 3. The van der Waals surface area contributed by atoms with E-state index in [1.165, 1.54) is 13.8 Å². The fraction of sp³-hybridized carbons (Fsp3) is 0.250. The van der Waals surface area contributed by atoms with Crippen LogP contribution in [0.3, 0.4) is 0 Å². The topological polar surface area (TPSA) is 78.5 Å². The summed E-state index contributed by atoms with van der Waals surface area (Å²) in [6.07, 6.45) is 0.148. The van der Waals surface area contributed by atoms with Gasteiger partial charge in [-0.1, -0.05) is 11.6 Å². The molecule has 0 atom stereocenters. The molecule has 0 unspecified atom stereocenters. The van der Waals surface area contributed by atoms with E-state index in [-0.39, 0.29) is 30.7 Å². The summed E-state index contributed by atoms with van der Waals surface area (Å²) in [6, 6.07) is 12.1. The molecule has 7 heteroatoms. The molecule has 142 valence electrons. The molecule has 0 fully saturated rings. The van der Waals surface area contributed by atoms with Crippen molar-refractivity contribution in [1.29, 1.82) is 0 Å². The maximum atomic E-state index is 12.2. The van der Waals surface area contributed by atoms with Crippen molar-refractivity contribution in [2.24, 2.45) is 0 Å². The first-order chi connectivity index (χ1) is 12.8. The van der Waals surface area contributed by atoms with Gasteiger partial charge >= 0.3 is 0 Å². The fourth-order valence-electron chi connectivity index (χ4n) is 2.65. The molecule has 0 spiro atoms. The number of carbonyl (C=O) groups is 3. The van der Waals surface area contributed by atoms with Gasteiger partial charge in [-0.3, -0.25) is 14.4 Å². The van der Waals surface area contributed by atoms with Crippen LogP contribution in [0.25, 0.3) is 0 Å². The Morgan fingerprint density at radius 2 is 1.56 bits per heavy atom. The Hall–Kier alpha value is -2.86. The molecule has 2 rings (SSSR count). The molecule has 0 aliphatic carbocycles. The maximum absolute atomic E-state index is 12.2. The van der Waals surface area contributed by atoms with Crippen molar-refractivity contribution in [2.75, 3.05) is 22.1 Å². The fourth-order valence-corrected chi connectivity index (χ4v) is 2.87. The highest BCUT2D eigenvalue weighted by molar-refractivity contribution is 6.30. The Balaban J connectivity index is 1.97. The minimum atomic E-state index is -0.208. The number of rotatable bonds is 6. The Labute approximate surface area is 163 Å². The van der Waals surface area contributed by atoms with Crippen LogP contribution in [0.1, 0.15) is 25.8 Å². The van der Waals surface area contributed by atoms with E-state index in [0.29, 0.717) is 16.4 Å². The highest BCUT2D eigenvalue weighted by atomic mass is 35.5. The van der Waals surface area contributed by atoms with Crippen molar-refractivity contribution < 1.29 is 14.4 Å². The summed E-state index contributed by atoms with van der Waals surface area (Å²) in [7, 11) is 0. The second-order valence-corrected chi connectivity index (χ2v) is 6.59. The minimum absolute atomic E-state index is 0.145. The Morgan fingerprint density at radius 1 is 0.963 bits per heavy atom. The van der Waals surface area contributed by atoms with E-state index in [4.69, 9.17) is 11.6 Å². The van der Waals surface area contributed by atoms with E-state index in [0.717, 1.165) is 11.3 Å². The number of aryl methyl sites for hydroxylation is 1. The number of halogens is 1. The van der Waals surface area contributed by atoms with E-state index in [1.54, 1.807) is 47.4 Å². The lowest BCUT2D eigenvalue weighted by Crippen LogP contribution is -2.32. The van der Waals surface area contributed by atoms with Gasteiger partial charge in [-0.2, -0.15) is 0 Å². The first-order valence-electron chi connectivity index (χ1n) is 8.48. The number of anilines is 3. The molecule has 0 bridgehead atoms. The SMILES string of the molecule is CC(=O)Nc1ccc(NC(=O)CCN(C(C)=O)c2ccc(Cl)cc2C)cc1. The van der Waals surface area contributed by atoms with Crippen LogP contribution in [0, 0.1) is 6.92 Å². The summed E-state index contributed by atoms with van der Waals surface area (Å²) in [6.45, 7) is 5.02. The van der Waals surface area contributed by atoms with Gasteiger partial charge < -0.3 is 15.5 Å². The Kier molecular flexibility index (Phi) is 6.96. The van der Waals surface area contributed by atoms with Gasteiger partial charge in [-0.25, -0.2) is 0 Å². The highest BCUT2D eigenvalue weighted by Gasteiger charge is 2.15. The average molecular weight is 388 g/mol. The summed E-state index contributed by atoms with van der Waals surface area (Å²) >= 11 is 5.97. The van der Waals surface area contributed by atoms with Gasteiger partial charge in [-0.05, 0) is 55.0 Å². The molecule has 3 amide bonds. The van der Waals surface area contributed by atoms with Crippen LogP contribution in [-0.2, 0) is 14.4 Å². The highest BCUT2D eigenvalue weighted by Crippen LogP contribution is 2.24. The summed E-state index contributed by atoms with van der Waals surface area (Å²) in [5, 5.41) is 6.04. The van der Waals surface area contributed by atoms with E-state index in [9.17, 15) is 14.4 Å². The van der Waals surface area contributed by atoms with Gasteiger partial charge in [0.05, 0.1) is 0 Å². The molecular weight excluding hydrogens is 366 g/mol. The Morgan fingerprint density at radius 3 is 2.07 bits per heavy atom. The lowest BCUT2D eigenvalue weighted by Gasteiger charge is -2.23. The van der Waals surface area contributed by atoms with E-state index in [2.05, 4.69) is 10.6 Å². The predicted molar refractivity (Wildman–Crippen MR) is 108 cm³/mol. The third-order valence-corrected chi connectivity index (χ3v) is 4.12. The molecule has 0 saturated carbocycles. The van der Waals surface area contributed by atoms with Crippen molar-refractivity contribution in [1.82, 2.24) is 0 Å². The molecule has 2 aromatic carbocycles. The second kappa shape index (κ2) is 9.19. The molecule has 0 aromatic heterocycles. The van der Waals surface area contributed by atoms with Crippen LogP contribution in [0.5, 0.6) is 0 Å². The number of hydrogen-bond donors (Lipinski definition) is 2. The van der Waals surface area contributed by atoms with Crippen molar-refractivity contribution in [2.45, 2.75) is 27.2 Å².